The van der Waals surface area contributed by atoms with Gasteiger partial charge in [-0.05, 0) is 18.2 Å². The summed E-state index contributed by atoms with van der Waals surface area (Å²) in [4.78, 5) is 28.4. The van der Waals surface area contributed by atoms with Gasteiger partial charge >= 0.3 is 5.97 Å². The van der Waals surface area contributed by atoms with E-state index in [1.54, 1.807) is 0 Å². The number of hydrogen-bond acceptors (Lipinski definition) is 3. The number of aldehydes is 1. The van der Waals surface area contributed by atoms with Crippen LogP contribution in [0.5, 0.6) is 0 Å². The summed E-state index contributed by atoms with van der Waals surface area (Å²) in [5.74, 6) is -1.10. The number of aromatic carboxylic acids is 1. The van der Waals surface area contributed by atoms with Crippen molar-refractivity contribution in [1.29, 1.82) is 0 Å². The van der Waals surface area contributed by atoms with Gasteiger partial charge in [-0.2, -0.15) is 0 Å². The fourth-order valence-electron chi connectivity index (χ4n) is 1.51. The second-order valence-corrected chi connectivity index (χ2v) is 3.71. The molecule has 86 valence electrons. The predicted molar refractivity (Wildman–Crippen MR) is 61.4 cm³/mol. The number of nitrogens with one attached hydrogen (secondary N) is 1. The molecule has 0 aliphatic carbocycles. The van der Waals surface area contributed by atoms with Crippen LogP contribution >= 0.6 is 11.6 Å². The van der Waals surface area contributed by atoms with Crippen molar-refractivity contribution in [3.8, 4) is 11.3 Å². The maximum Gasteiger partial charge on any atom is 0.336 e. The first-order valence-corrected chi connectivity index (χ1v) is 5.03. The van der Waals surface area contributed by atoms with E-state index in [1.807, 2.05) is 0 Å². The number of rotatable bonds is 3. The third-order valence-corrected chi connectivity index (χ3v) is 2.49. The molecule has 2 N–H and O–H groups in total. The van der Waals surface area contributed by atoms with Gasteiger partial charge in [0.25, 0.3) is 0 Å². The van der Waals surface area contributed by atoms with Crippen LogP contribution in [0, 0.1) is 0 Å². The van der Waals surface area contributed by atoms with Crippen LogP contribution in [0.4, 0.5) is 0 Å². The number of halogens is 1. The van der Waals surface area contributed by atoms with E-state index in [0.717, 1.165) is 0 Å². The highest BCUT2D eigenvalue weighted by Crippen LogP contribution is 2.27. The topological polar surface area (TPSA) is 83.0 Å². The first kappa shape index (κ1) is 11.3. The Morgan fingerprint density at radius 3 is 2.88 bits per heavy atom. The van der Waals surface area contributed by atoms with Crippen LogP contribution < -0.4 is 0 Å². The highest BCUT2D eigenvalue weighted by atomic mass is 35.5. The summed E-state index contributed by atoms with van der Waals surface area (Å²) >= 11 is 5.81. The Morgan fingerprint density at radius 2 is 2.24 bits per heavy atom. The first-order chi connectivity index (χ1) is 8.13. The second kappa shape index (κ2) is 4.39. The number of hydrogen-bond donors (Lipinski definition) is 2. The van der Waals surface area contributed by atoms with E-state index < -0.39 is 5.97 Å². The van der Waals surface area contributed by atoms with Crippen LogP contribution in [0.1, 0.15) is 20.8 Å². The molecule has 0 radical (unpaired) electrons. The van der Waals surface area contributed by atoms with Gasteiger partial charge in [-0.3, -0.25) is 4.79 Å². The zero-order valence-corrected chi connectivity index (χ0v) is 9.23. The average Bonchev–Trinajstić information content (AvgIpc) is 2.76. The summed E-state index contributed by atoms with van der Waals surface area (Å²) in [6, 6.07) is 4.32. The normalized spacial score (nSPS) is 10.2. The van der Waals surface area contributed by atoms with Crippen LogP contribution in [-0.2, 0) is 0 Å². The Kier molecular flexibility index (Phi) is 2.93. The molecule has 0 bridgehead atoms. The zero-order chi connectivity index (χ0) is 12.4. The van der Waals surface area contributed by atoms with Gasteiger partial charge in [0.2, 0.25) is 0 Å². The third kappa shape index (κ3) is 2.05. The number of carbonyl (C=O) groups is 2. The monoisotopic (exact) mass is 250 g/mol. The first-order valence-electron chi connectivity index (χ1n) is 4.65. The van der Waals surface area contributed by atoms with Crippen LogP contribution in [0.3, 0.4) is 0 Å². The summed E-state index contributed by atoms with van der Waals surface area (Å²) in [7, 11) is 0. The molecule has 0 amide bonds. The predicted octanol–water partition coefficient (Wildman–Crippen LogP) is 2.24. The molecule has 0 saturated carbocycles. The second-order valence-electron chi connectivity index (χ2n) is 3.28. The van der Waals surface area contributed by atoms with Crippen LogP contribution in [0.2, 0.25) is 5.02 Å². The van der Waals surface area contributed by atoms with Gasteiger partial charge in [0.1, 0.15) is 5.69 Å². The summed E-state index contributed by atoms with van der Waals surface area (Å²) in [5.41, 5.74) is 0.854. The van der Waals surface area contributed by atoms with Gasteiger partial charge in [-0.15, -0.1) is 0 Å². The van der Waals surface area contributed by atoms with E-state index in [-0.39, 0.29) is 17.0 Å². The molecule has 17 heavy (non-hydrogen) atoms. The molecule has 0 unspecified atom stereocenters. The molecule has 0 atom stereocenters. The lowest BCUT2D eigenvalue weighted by atomic mass is 10.0. The van der Waals surface area contributed by atoms with Gasteiger partial charge in [-0.1, -0.05) is 11.6 Å². The summed E-state index contributed by atoms with van der Waals surface area (Å²) in [5, 5.41) is 9.43. The number of carbonyl (C=O) groups excluding carboxylic acids is 1. The highest BCUT2D eigenvalue weighted by molar-refractivity contribution is 6.31. The fourth-order valence-corrected chi connectivity index (χ4v) is 1.68. The molecule has 6 heteroatoms. The number of H-pyrrole nitrogens is 1. The SMILES string of the molecule is O=Cc1[nH]cnc1-c1cc(Cl)ccc1C(=O)O. The summed E-state index contributed by atoms with van der Waals surface area (Å²) in [6.45, 7) is 0. The number of nitrogens with zero attached hydrogens (tertiary/aromatic N) is 1. The van der Waals surface area contributed by atoms with Gasteiger partial charge in [-0.25, -0.2) is 9.78 Å². The lowest BCUT2D eigenvalue weighted by molar-refractivity contribution is 0.0697. The van der Waals surface area contributed by atoms with Crippen molar-refractivity contribution in [2.75, 3.05) is 0 Å². The van der Waals surface area contributed by atoms with E-state index >= 15 is 0 Å². The van der Waals surface area contributed by atoms with Crippen molar-refractivity contribution < 1.29 is 14.7 Å². The molecule has 5 nitrogen and oxygen atoms in total. The van der Waals surface area contributed by atoms with E-state index in [4.69, 9.17) is 16.7 Å². The Morgan fingerprint density at radius 1 is 1.47 bits per heavy atom. The zero-order valence-electron chi connectivity index (χ0n) is 8.48. The van der Waals surface area contributed by atoms with Crippen molar-refractivity contribution in [1.82, 2.24) is 9.97 Å². The molecule has 1 aromatic heterocycles. The van der Waals surface area contributed by atoms with Gasteiger partial charge in [0, 0.05) is 10.6 Å². The maximum atomic E-state index is 11.1. The van der Waals surface area contributed by atoms with E-state index in [1.165, 1.54) is 24.5 Å². The Balaban J connectivity index is 2.69. The van der Waals surface area contributed by atoms with Crippen molar-refractivity contribution in [2.24, 2.45) is 0 Å². The van der Waals surface area contributed by atoms with Crippen molar-refractivity contribution in [3.05, 3.63) is 40.8 Å². The number of imidazole rings is 1. The molecule has 0 spiro atoms. The maximum absolute atomic E-state index is 11.1. The largest absolute Gasteiger partial charge is 0.478 e. The third-order valence-electron chi connectivity index (χ3n) is 2.25. The molecular weight excluding hydrogens is 244 g/mol. The van der Waals surface area contributed by atoms with Crippen LogP contribution in [-0.4, -0.2) is 27.3 Å². The minimum atomic E-state index is -1.10. The number of benzene rings is 1. The lowest BCUT2D eigenvalue weighted by Gasteiger charge is -2.04. The highest BCUT2D eigenvalue weighted by Gasteiger charge is 2.16. The number of carboxylic acid groups (broad SMARTS) is 1. The van der Waals surface area contributed by atoms with Crippen molar-refractivity contribution >= 4 is 23.9 Å². The molecule has 2 aromatic rings. The average molecular weight is 251 g/mol. The van der Waals surface area contributed by atoms with E-state index in [2.05, 4.69) is 9.97 Å². The fraction of sp³-hybridized carbons (Fsp3) is 0. The Bertz CT molecular complexity index is 592. The summed E-state index contributed by atoms with van der Waals surface area (Å²) in [6.07, 6.45) is 1.90. The molecule has 0 saturated heterocycles. The molecule has 0 aliphatic rings. The van der Waals surface area contributed by atoms with Crippen LogP contribution in [0.25, 0.3) is 11.3 Å². The molecule has 1 aromatic carbocycles. The summed E-state index contributed by atoms with van der Waals surface area (Å²) < 4.78 is 0. The smallest absolute Gasteiger partial charge is 0.336 e. The van der Waals surface area contributed by atoms with Gasteiger partial charge in [0.05, 0.1) is 17.6 Å². The quantitative estimate of drug-likeness (QED) is 0.819. The van der Waals surface area contributed by atoms with Crippen molar-refractivity contribution in [2.45, 2.75) is 0 Å². The Labute approximate surface area is 101 Å². The lowest BCUT2D eigenvalue weighted by Crippen LogP contribution is -2.00. The molecule has 0 fully saturated rings. The number of aromatic nitrogens is 2. The number of aromatic amines is 1. The number of carboxylic acids is 1. The minimum Gasteiger partial charge on any atom is -0.478 e. The molecule has 0 aliphatic heterocycles. The van der Waals surface area contributed by atoms with E-state index in [0.29, 0.717) is 16.9 Å². The molecule has 1 heterocycles. The Hall–Kier alpha value is -2.14. The van der Waals surface area contributed by atoms with Gasteiger partial charge < -0.3 is 10.1 Å². The van der Waals surface area contributed by atoms with Crippen LogP contribution in [0.15, 0.2) is 24.5 Å². The van der Waals surface area contributed by atoms with Crippen molar-refractivity contribution in [3.63, 3.8) is 0 Å². The van der Waals surface area contributed by atoms with Gasteiger partial charge in [0.15, 0.2) is 6.29 Å². The minimum absolute atomic E-state index is 0.0459. The molecule has 2 rings (SSSR count). The molecular formula is C11H7ClN2O3. The standard InChI is InChI=1S/C11H7ClN2O3/c12-6-1-2-7(11(16)17)8(3-6)10-9(4-15)13-5-14-10/h1-5H,(H,13,14)(H,16,17). The van der Waals surface area contributed by atoms with E-state index in [9.17, 15) is 9.59 Å².